The van der Waals surface area contributed by atoms with E-state index < -0.39 is 29.4 Å². The minimum absolute atomic E-state index is 0.00223. The normalized spacial score (nSPS) is 19.2. The molecule has 1 fully saturated rings. The highest BCUT2D eigenvalue weighted by Gasteiger charge is 2.43. The first-order chi connectivity index (χ1) is 16.2. The molecule has 182 valence electrons. The van der Waals surface area contributed by atoms with E-state index in [0.717, 1.165) is 49.7 Å². The van der Waals surface area contributed by atoms with Gasteiger partial charge in [-0.05, 0) is 76.1 Å². The Morgan fingerprint density at radius 3 is 2.41 bits per heavy atom. The van der Waals surface area contributed by atoms with E-state index in [4.69, 9.17) is 4.42 Å². The zero-order valence-corrected chi connectivity index (χ0v) is 20.3. The fourth-order valence-electron chi connectivity index (χ4n) is 5.17. The van der Waals surface area contributed by atoms with Crippen LogP contribution in [0.15, 0.2) is 47.1 Å². The molecule has 0 unspecified atom stereocenters. The quantitative estimate of drug-likeness (QED) is 0.648. The van der Waals surface area contributed by atoms with Crippen LogP contribution >= 0.6 is 0 Å². The van der Waals surface area contributed by atoms with Crippen molar-refractivity contribution in [2.24, 2.45) is 0 Å². The number of amides is 3. The molecule has 2 N–H and O–H groups in total. The van der Waals surface area contributed by atoms with Gasteiger partial charge >= 0.3 is 11.8 Å². The molecule has 7 heteroatoms. The molecular weight excluding hydrogens is 430 g/mol. The molecule has 4 rings (SSSR count). The summed E-state index contributed by atoms with van der Waals surface area (Å²) in [5.41, 5.74) is 1.60. The Morgan fingerprint density at radius 1 is 1.00 bits per heavy atom. The number of carbonyl (C=O) groups is 3. The lowest BCUT2D eigenvalue weighted by molar-refractivity contribution is -0.153. The van der Waals surface area contributed by atoms with E-state index in [9.17, 15) is 14.4 Å². The molecule has 1 saturated carbocycles. The van der Waals surface area contributed by atoms with Crippen molar-refractivity contribution in [2.75, 3.05) is 0 Å². The Bertz CT molecular complexity index is 1020. The van der Waals surface area contributed by atoms with Crippen LogP contribution in [-0.2, 0) is 20.8 Å². The predicted octanol–water partition coefficient (Wildman–Crippen LogP) is 4.20. The second-order valence-corrected chi connectivity index (χ2v) is 10.4. The summed E-state index contributed by atoms with van der Waals surface area (Å²) < 4.78 is 5.67. The van der Waals surface area contributed by atoms with E-state index in [1.807, 2.05) is 39.0 Å². The third-order valence-corrected chi connectivity index (χ3v) is 6.63. The lowest BCUT2D eigenvalue weighted by Gasteiger charge is -2.40. The zero-order valence-electron chi connectivity index (χ0n) is 20.3. The summed E-state index contributed by atoms with van der Waals surface area (Å²) in [6.45, 7) is 5.66. The number of fused-ring (bicyclic) bond motifs is 1. The number of benzene rings is 1. The maximum Gasteiger partial charge on any atom is 0.313 e. The summed E-state index contributed by atoms with van der Waals surface area (Å²) in [6.07, 6.45) is 7.75. The minimum atomic E-state index is -1.06. The van der Waals surface area contributed by atoms with Gasteiger partial charge in [0.2, 0.25) is 0 Å². The Hall–Kier alpha value is -3.09. The summed E-state index contributed by atoms with van der Waals surface area (Å²) >= 11 is 0. The molecule has 2 aliphatic rings. The monoisotopic (exact) mass is 465 g/mol. The van der Waals surface area contributed by atoms with Gasteiger partial charge in [0.15, 0.2) is 6.04 Å². The molecule has 0 radical (unpaired) electrons. The smallest absolute Gasteiger partial charge is 0.313 e. The Labute approximate surface area is 201 Å². The molecule has 1 aromatic carbocycles. The van der Waals surface area contributed by atoms with Gasteiger partial charge in [-0.25, -0.2) is 0 Å². The Morgan fingerprint density at radius 2 is 1.74 bits per heavy atom. The second-order valence-electron chi connectivity index (χ2n) is 10.4. The summed E-state index contributed by atoms with van der Waals surface area (Å²) in [6, 6.07) is 9.89. The Kier molecular flexibility index (Phi) is 7.10. The molecule has 2 atom stereocenters. The van der Waals surface area contributed by atoms with Gasteiger partial charge in [-0.15, -0.1) is 0 Å². The lowest BCUT2D eigenvalue weighted by atomic mass is 9.85. The van der Waals surface area contributed by atoms with Crippen LogP contribution in [0.1, 0.15) is 88.3 Å². The average Bonchev–Trinajstić information content (AvgIpc) is 3.50. The van der Waals surface area contributed by atoms with Crippen molar-refractivity contribution in [2.45, 2.75) is 89.4 Å². The number of nitrogens with one attached hydrogen (secondary N) is 2. The van der Waals surface area contributed by atoms with Gasteiger partial charge in [0.1, 0.15) is 5.76 Å². The van der Waals surface area contributed by atoms with Gasteiger partial charge in [-0.3, -0.25) is 14.4 Å². The number of carbonyl (C=O) groups excluding carboxylic acids is 3. The van der Waals surface area contributed by atoms with Gasteiger partial charge in [0.25, 0.3) is 5.91 Å². The van der Waals surface area contributed by atoms with Crippen molar-refractivity contribution < 1.29 is 18.8 Å². The highest BCUT2D eigenvalue weighted by molar-refractivity contribution is 6.35. The minimum Gasteiger partial charge on any atom is -0.467 e. The van der Waals surface area contributed by atoms with E-state index in [2.05, 4.69) is 16.7 Å². The summed E-state index contributed by atoms with van der Waals surface area (Å²) in [5.74, 6) is -1.38. The zero-order chi connectivity index (χ0) is 24.3. The van der Waals surface area contributed by atoms with Crippen molar-refractivity contribution in [3.05, 3.63) is 59.5 Å². The fraction of sp³-hybridized carbons (Fsp3) is 0.519. The highest BCUT2D eigenvalue weighted by atomic mass is 16.3. The van der Waals surface area contributed by atoms with Crippen LogP contribution in [0.2, 0.25) is 0 Å². The van der Waals surface area contributed by atoms with E-state index in [-0.39, 0.29) is 11.9 Å². The topological polar surface area (TPSA) is 91.7 Å². The molecule has 3 amide bonds. The van der Waals surface area contributed by atoms with Gasteiger partial charge in [0, 0.05) is 11.6 Å². The molecule has 0 bridgehead atoms. The maximum atomic E-state index is 13.8. The molecule has 1 aromatic heterocycles. The second kappa shape index (κ2) is 10.0. The molecule has 2 aromatic rings. The van der Waals surface area contributed by atoms with E-state index in [1.54, 1.807) is 12.1 Å². The average molecular weight is 466 g/mol. The van der Waals surface area contributed by atoms with Crippen LogP contribution in [0.5, 0.6) is 0 Å². The largest absolute Gasteiger partial charge is 0.467 e. The predicted molar refractivity (Wildman–Crippen MR) is 129 cm³/mol. The number of hydrogen-bond acceptors (Lipinski definition) is 4. The standard InChI is InChI=1S/C27H35N3O4/c1-27(2,3)29-24(31)23(22-16-9-17-34-22)30(26(33)25(32)28-19-12-5-6-13-19)21-15-8-11-18-10-4-7-14-20(18)21/h4,7,9-10,14,16-17,19,21,23H,5-6,8,11-13,15H2,1-3H3,(H,28,32)(H,29,31)/t21-,23+/m1/s1. The SMILES string of the molecule is CC(C)(C)NC(=O)[C@H](c1ccco1)N(C(=O)C(=O)NC1CCCC1)[C@@H]1CCCc2ccccc21. The maximum absolute atomic E-state index is 13.8. The summed E-state index contributed by atoms with van der Waals surface area (Å²) in [4.78, 5) is 42.1. The number of furan rings is 1. The number of hydrogen-bond donors (Lipinski definition) is 2. The van der Waals surface area contributed by atoms with Crippen molar-refractivity contribution in [3.63, 3.8) is 0 Å². The third kappa shape index (κ3) is 5.34. The van der Waals surface area contributed by atoms with Crippen LogP contribution in [0, 0.1) is 0 Å². The molecule has 7 nitrogen and oxygen atoms in total. The fourth-order valence-corrected chi connectivity index (χ4v) is 5.17. The van der Waals surface area contributed by atoms with Crippen molar-refractivity contribution in [1.82, 2.24) is 15.5 Å². The molecular formula is C27H35N3O4. The summed E-state index contributed by atoms with van der Waals surface area (Å²) in [5, 5.41) is 5.91. The van der Waals surface area contributed by atoms with Crippen LogP contribution in [0.3, 0.4) is 0 Å². The molecule has 2 aliphatic carbocycles. The first kappa shape index (κ1) is 24.0. The van der Waals surface area contributed by atoms with Crippen LogP contribution in [0.25, 0.3) is 0 Å². The molecule has 1 heterocycles. The first-order valence-corrected chi connectivity index (χ1v) is 12.3. The van der Waals surface area contributed by atoms with Gasteiger partial charge in [-0.1, -0.05) is 37.1 Å². The number of nitrogens with zero attached hydrogens (tertiary/aromatic N) is 1. The van der Waals surface area contributed by atoms with Crippen molar-refractivity contribution in [3.8, 4) is 0 Å². The van der Waals surface area contributed by atoms with Crippen LogP contribution < -0.4 is 10.6 Å². The lowest BCUT2D eigenvalue weighted by Crippen LogP contribution is -2.54. The third-order valence-electron chi connectivity index (χ3n) is 6.63. The van der Waals surface area contributed by atoms with Crippen LogP contribution in [-0.4, -0.2) is 34.2 Å². The molecule has 0 spiro atoms. The molecule has 34 heavy (non-hydrogen) atoms. The van der Waals surface area contributed by atoms with Crippen molar-refractivity contribution in [1.29, 1.82) is 0 Å². The molecule has 0 saturated heterocycles. The first-order valence-electron chi connectivity index (χ1n) is 12.3. The number of aryl methyl sites for hydroxylation is 1. The number of rotatable bonds is 5. The van der Waals surface area contributed by atoms with E-state index >= 15 is 0 Å². The highest BCUT2D eigenvalue weighted by Crippen LogP contribution is 2.39. The summed E-state index contributed by atoms with van der Waals surface area (Å²) in [7, 11) is 0. The Balaban J connectivity index is 1.76. The van der Waals surface area contributed by atoms with Crippen molar-refractivity contribution >= 4 is 17.7 Å². The van der Waals surface area contributed by atoms with Gasteiger partial charge < -0.3 is 20.0 Å². The van der Waals surface area contributed by atoms with E-state index in [0.29, 0.717) is 12.2 Å². The molecule has 0 aliphatic heterocycles. The van der Waals surface area contributed by atoms with Gasteiger partial charge in [-0.2, -0.15) is 0 Å². The van der Waals surface area contributed by atoms with E-state index in [1.165, 1.54) is 11.2 Å². The van der Waals surface area contributed by atoms with Crippen LogP contribution in [0.4, 0.5) is 0 Å². The van der Waals surface area contributed by atoms with Gasteiger partial charge in [0.05, 0.1) is 12.3 Å².